The molecular formula is C19H20N2O2S. The standard InChI is InChI=1S/C19H20N2O2S/c1-14-2-4-15(5-3-14)19-21-13-18(24-19)12-20-16-6-8-17(9-7-16)23-11-10-22/h2-9,13,20,22H,10-12H2,1H3. The Hall–Kier alpha value is -2.37. The van der Waals surface area contributed by atoms with E-state index in [-0.39, 0.29) is 6.61 Å². The van der Waals surface area contributed by atoms with Gasteiger partial charge in [0.15, 0.2) is 0 Å². The number of nitrogens with zero attached hydrogens (tertiary/aromatic N) is 1. The number of hydrogen-bond acceptors (Lipinski definition) is 5. The van der Waals surface area contributed by atoms with Crippen molar-refractivity contribution in [2.45, 2.75) is 13.5 Å². The second kappa shape index (κ2) is 7.95. The van der Waals surface area contributed by atoms with Gasteiger partial charge in [0.1, 0.15) is 17.4 Å². The molecule has 0 bridgehead atoms. The number of aliphatic hydroxyl groups is 1. The number of hydrogen-bond donors (Lipinski definition) is 2. The third kappa shape index (κ3) is 4.34. The number of aromatic nitrogens is 1. The van der Waals surface area contributed by atoms with Crippen LogP contribution in [-0.2, 0) is 6.54 Å². The van der Waals surface area contributed by atoms with Crippen LogP contribution in [0.2, 0.25) is 0 Å². The van der Waals surface area contributed by atoms with Crippen molar-refractivity contribution in [3.63, 3.8) is 0 Å². The van der Waals surface area contributed by atoms with Crippen molar-refractivity contribution in [1.29, 1.82) is 0 Å². The Bertz CT molecular complexity index is 767. The van der Waals surface area contributed by atoms with Crippen molar-refractivity contribution < 1.29 is 9.84 Å². The molecule has 0 saturated carbocycles. The lowest BCUT2D eigenvalue weighted by atomic mass is 10.2. The van der Waals surface area contributed by atoms with Gasteiger partial charge in [0.05, 0.1) is 13.2 Å². The van der Waals surface area contributed by atoms with Crippen LogP contribution in [0.1, 0.15) is 10.4 Å². The topological polar surface area (TPSA) is 54.4 Å². The molecule has 4 nitrogen and oxygen atoms in total. The number of ether oxygens (including phenoxy) is 1. The Morgan fingerprint density at radius 2 is 1.83 bits per heavy atom. The van der Waals surface area contributed by atoms with E-state index >= 15 is 0 Å². The molecule has 0 aliphatic rings. The van der Waals surface area contributed by atoms with Gasteiger partial charge in [-0.25, -0.2) is 4.98 Å². The van der Waals surface area contributed by atoms with E-state index in [4.69, 9.17) is 9.84 Å². The fourth-order valence-electron chi connectivity index (χ4n) is 2.24. The van der Waals surface area contributed by atoms with Crippen molar-refractivity contribution in [2.24, 2.45) is 0 Å². The molecule has 3 aromatic rings. The maximum atomic E-state index is 8.75. The zero-order valence-corrected chi connectivity index (χ0v) is 14.3. The molecule has 5 heteroatoms. The summed E-state index contributed by atoms with van der Waals surface area (Å²) < 4.78 is 5.35. The summed E-state index contributed by atoms with van der Waals surface area (Å²) in [6.07, 6.45) is 1.92. The summed E-state index contributed by atoms with van der Waals surface area (Å²) in [6.45, 7) is 3.16. The predicted octanol–water partition coefficient (Wildman–Crippen LogP) is 4.10. The van der Waals surface area contributed by atoms with E-state index in [9.17, 15) is 0 Å². The van der Waals surface area contributed by atoms with Crippen LogP contribution in [0.4, 0.5) is 5.69 Å². The molecular weight excluding hydrogens is 320 g/mol. The number of thiazole rings is 1. The lowest BCUT2D eigenvalue weighted by Gasteiger charge is -2.07. The minimum atomic E-state index is 0.0225. The van der Waals surface area contributed by atoms with Gasteiger partial charge in [0.25, 0.3) is 0 Å². The molecule has 1 heterocycles. The average Bonchev–Trinajstić information content (AvgIpc) is 3.09. The summed E-state index contributed by atoms with van der Waals surface area (Å²) in [6, 6.07) is 16.1. The zero-order chi connectivity index (χ0) is 16.8. The molecule has 0 unspecified atom stereocenters. The molecule has 3 rings (SSSR count). The number of nitrogens with one attached hydrogen (secondary N) is 1. The second-order valence-corrected chi connectivity index (χ2v) is 6.56. The van der Waals surface area contributed by atoms with Gasteiger partial charge in [-0.15, -0.1) is 11.3 Å². The number of aryl methyl sites for hydroxylation is 1. The molecule has 0 radical (unpaired) electrons. The second-order valence-electron chi connectivity index (χ2n) is 5.45. The van der Waals surface area contributed by atoms with Crippen LogP contribution in [0.3, 0.4) is 0 Å². The van der Waals surface area contributed by atoms with E-state index in [1.54, 1.807) is 11.3 Å². The van der Waals surface area contributed by atoms with Gasteiger partial charge < -0.3 is 15.2 Å². The molecule has 0 fully saturated rings. The van der Waals surface area contributed by atoms with E-state index < -0.39 is 0 Å². The summed E-state index contributed by atoms with van der Waals surface area (Å²) in [5.74, 6) is 0.758. The summed E-state index contributed by atoms with van der Waals surface area (Å²) in [7, 11) is 0. The first-order chi connectivity index (χ1) is 11.7. The molecule has 124 valence electrons. The average molecular weight is 340 g/mol. The molecule has 0 aliphatic carbocycles. The molecule has 2 N–H and O–H groups in total. The maximum absolute atomic E-state index is 8.75. The highest BCUT2D eigenvalue weighted by molar-refractivity contribution is 7.15. The molecule has 0 atom stereocenters. The fraction of sp³-hybridized carbons (Fsp3) is 0.211. The Morgan fingerprint density at radius 1 is 1.08 bits per heavy atom. The van der Waals surface area contributed by atoms with E-state index in [0.29, 0.717) is 6.61 Å². The highest BCUT2D eigenvalue weighted by Gasteiger charge is 2.05. The quantitative estimate of drug-likeness (QED) is 0.680. The molecule has 0 aliphatic heterocycles. The molecule has 0 spiro atoms. The van der Waals surface area contributed by atoms with Crippen molar-refractivity contribution in [3.8, 4) is 16.3 Å². The Kier molecular flexibility index (Phi) is 5.46. The van der Waals surface area contributed by atoms with Crippen LogP contribution in [0, 0.1) is 6.92 Å². The van der Waals surface area contributed by atoms with Gasteiger partial charge in [-0.1, -0.05) is 29.8 Å². The van der Waals surface area contributed by atoms with Crippen LogP contribution in [0.25, 0.3) is 10.6 Å². The summed E-state index contributed by atoms with van der Waals surface area (Å²) in [4.78, 5) is 5.70. The van der Waals surface area contributed by atoms with Crippen molar-refractivity contribution in [2.75, 3.05) is 18.5 Å². The lowest BCUT2D eigenvalue weighted by Crippen LogP contribution is -2.02. The SMILES string of the molecule is Cc1ccc(-c2ncc(CNc3ccc(OCCO)cc3)s2)cc1. The molecule has 1 aromatic heterocycles. The molecule has 0 saturated heterocycles. The summed E-state index contributed by atoms with van der Waals surface area (Å²) in [5.41, 5.74) is 3.43. The summed E-state index contributed by atoms with van der Waals surface area (Å²) in [5, 5.41) is 13.2. The first-order valence-corrected chi connectivity index (χ1v) is 8.65. The van der Waals surface area contributed by atoms with Gasteiger partial charge in [0, 0.05) is 22.3 Å². The first-order valence-electron chi connectivity index (χ1n) is 7.84. The van der Waals surface area contributed by atoms with E-state index in [1.165, 1.54) is 10.4 Å². The van der Waals surface area contributed by atoms with Crippen LogP contribution in [0.15, 0.2) is 54.7 Å². The van der Waals surface area contributed by atoms with Crippen LogP contribution in [0.5, 0.6) is 5.75 Å². The van der Waals surface area contributed by atoms with Gasteiger partial charge >= 0.3 is 0 Å². The van der Waals surface area contributed by atoms with Crippen LogP contribution >= 0.6 is 11.3 Å². The third-order valence-corrected chi connectivity index (χ3v) is 4.58. The highest BCUT2D eigenvalue weighted by atomic mass is 32.1. The first kappa shape index (κ1) is 16.5. The zero-order valence-electron chi connectivity index (χ0n) is 13.5. The maximum Gasteiger partial charge on any atom is 0.123 e. The lowest BCUT2D eigenvalue weighted by molar-refractivity contribution is 0.201. The monoisotopic (exact) mass is 340 g/mol. The number of benzene rings is 2. The van der Waals surface area contributed by atoms with Crippen molar-refractivity contribution in [1.82, 2.24) is 4.98 Å². The fourth-order valence-corrected chi connectivity index (χ4v) is 3.10. The van der Waals surface area contributed by atoms with Crippen molar-refractivity contribution in [3.05, 3.63) is 65.2 Å². The third-order valence-electron chi connectivity index (χ3n) is 3.53. The normalized spacial score (nSPS) is 10.6. The molecule has 0 amide bonds. The van der Waals surface area contributed by atoms with Gasteiger partial charge in [-0.2, -0.15) is 0 Å². The smallest absolute Gasteiger partial charge is 0.123 e. The van der Waals surface area contributed by atoms with Gasteiger partial charge in [-0.3, -0.25) is 0 Å². The predicted molar refractivity (Wildman–Crippen MR) is 98.6 cm³/mol. The number of rotatable bonds is 7. The largest absolute Gasteiger partial charge is 0.491 e. The molecule has 24 heavy (non-hydrogen) atoms. The van der Waals surface area contributed by atoms with Crippen LogP contribution < -0.4 is 10.1 Å². The van der Waals surface area contributed by atoms with Gasteiger partial charge in [-0.05, 0) is 31.2 Å². The highest BCUT2D eigenvalue weighted by Crippen LogP contribution is 2.26. The number of aliphatic hydroxyl groups excluding tert-OH is 1. The molecule has 2 aromatic carbocycles. The Balaban J connectivity index is 1.58. The van der Waals surface area contributed by atoms with E-state index in [2.05, 4.69) is 41.5 Å². The summed E-state index contributed by atoms with van der Waals surface area (Å²) >= 11 is 1.70. The Morgan fingerprint density at radius 3 is 2.54 bits per heavy atom. The van der Waals surface area contributed by atoms with Crippen molar-refractivity contribution >= 4 is 17.0 Å². The minimum absolute atomic E-state index is 0.0225. The van der Waals surface area contributed by atoms with Crippen LogP contribution in [-0.4, -0.2) is 23.3 Å². The van der Waals surface area contributed by atoms with E-state index in [1.807, 2.05) is 30.5 Å². The van der Waals surface area contributed by atoms with E-state index in [0.717, 1.165) is 28.6 Å². The van der Waals surface area contributed by atoms with Gasteiger partial charge in [0.2, 0.25) is 0 Å². The minimum Gasteiger partial charge on any atom is -0.491 e. The Labute approximate surface area is 145 Å². The number of anilines is 1.